The van der Waals surface area contributed by atoms with Gasteiger partial charge in [0.15, 0.2) is 5.65 Å². The van der Waals surface area contributed by atoms with Crippen LogP contribution in [0.4, 0.5) is 10.6 Å². The SMILES string of the molecule is C[C@@H]1CN(C(=O)OC(C)(C)C)CCN1c1nc(Cl)nc2nc(Cl)ccc12. The summed E-state index contributed by atoms with van der Waals surface area (Å²) in [5.41, 5.74) is -0.0621. The molecule has 1 amide bonds. The molecule has 0 aliphatic carbocycles. The molecule has 26 heavy (non-hydrogen) atoms. The molecule has 0 spiro atoms. The van der Waals surface area contributed by atoms with E-state index in [0.29, 0.717) is 36.3 Å². The van der Waals surface area contributed by atoms with Crippen molar-refractivity contribution < 1.29 is 9.53 Å². The number of pyridine rings is 1. The Bertz CT molecular complexity index is 834. The Balaban J connectivity index is 1.84. The lowest BCUT2D eigenvalue weighted by Crippen LogP contribution is -2.54. The van der Waals surface area contributed by atoms with Crippen molar-refractivity contribution in [1.82, 2.24) is 19.9 Å². The first-order chi connectivity index (χ1) is 12.1. The van der Waals surface area contributed by atoms with Crippen LogP contribution in [-0.4, -0.2) is 57.2 Å². The Morgan fingerprint density at radius 1 is 1.19 bits per heavy atom. The predicted octanol–water partition coefficient (Wildman–Crippen LogP) is 3.78. The van der Waals surface area contributed by atoms with Crippen LogP contribution in [0.2, 0.25) is 10.4 Å². The third kappa shape index (κ3) is 4.10. The van der Waals surface area contributed by atoms with Gasteiger partial charge in [0, 0.05) is 25.7 Å². The maximum absolute atomic E-state index is 12.3. The standard InChI is InChI=1S/C17H21Cl2N5O2/c1-10-9-23(16(25)26-17(2,3)4)7-8-24(10)14-11-5-6-12(18)20-13(11)21-15(19)22-14/h5-6,10H,7-9H2,1-4H3/t10-/m1/s1. The summed E-state index contributed by atoms with van der Waals surface area (Å²) in [5, 5.41) is 1.24. The van der Waals surface area contributed by atoms with Crippen molar-refractivity contribution in [2.75, 3.05) is 24.5 Å². The van der Waals surface area contributed by atoms with Crippen LogP contribution in [0.3, 0.4) is 0 Å². The number of ether oxygens (including phenoxy) is 1. The fourth-order valence-corrected chi connectivity index (χ4v) is 3.23. The molecule has 140 valence electrons. The maximum Gasteiger partial charge on any atom is 0.410 e. The van der Waals surface area contributed by atoms with Gasteiger partial charge in [-0.05, 0) is 51.4 Å². The van der Waals surface area contributed by atoms with Gasteiger partial charge in [0.1, 0.15) is 16.6 Å². The van der Waals surface area contributed by atoms with Crippen LogP contribution in [0.25, 0.3) is 11.0 Å². The molecule has 0 unspecified atom stereocenters. The van der Waals surface area contributed by atoms with Gasteiger partial charge in [-0.15, -0.1) is 0 Å². The average molecular weight is 398 g/mol. The number of aromatic nitrogens is 3. The second-order valence-corrected chi connectivity index (χ2v) is 8.02. The maximum atomic E-state index is 12.3. The zero-order valence-electron chi connectivity index (χ0n) is 15.2. The van der Waals surface area contributed by atoms with E-state index in [1.54, 1.807) is 11.0 Å². The first kappa shape index (κ1) is 18.9. The summed E-state index contributed by atoms with van der Waals surface area (Å²) in [5.74, 6) is 0.695. The molecular weight excluding hydrogens is 377 g/mol. The molecule has 0 N–H and O–H groups in total. The third-order valence-electron chi connectivity index (χ3n) is 4.03. The zero-order chi connectivity index (χ0) is 19.1. The molecule has 1 saturated heterocycles. The van der Waals surface area contributed by atoms with E-state index in [0.717, 1.165) is 5.39 Å². The monoisotopic (exact) mass is 397 g/mol. The zero-order valence-corrected chi connectivity index (χ0v) is 16.7. The molecule has 3 rings (SSSR count). The predicted molar refractivity (Wildman–Crippen MR) is 102 cm³/mol. The van der Waals surface area contributed by atoms with Gasteiger partial charge in [-0.25, -0.2) is 9.78 Å². The quantitative estimate of drug-likeness (QED) is 0.538. The minimum absolute atomic E-state index is 0.0288. The van der Waals surface area contributed by atoms with E-state index in [1.807, 2.05) is 33.8 Å². The van der Waals surface area contributed by atoms with Crippen molar-refractivity contribution in [3.05, 3.63) is 22.6 Å². The number of piperazine rings is 1. The number of hydrogen-bond acceptors (Lipinski definition) is 6. The highest BCUT2D eigenvalue weighted by Crippen LogP contribution is 2.28. The highest BCUT2D eigenvalue weighted by molar-refractivity contribution is 6.30. The van der Waals surface area contributed by atoms with Crippen LogP contribution in [-0.2, 0) is 4.74 Å². The van der Waals surface area contributed by atoms with Crippen LogP contribution in [0.15, 0.2) is 12.1 Å². The lowest BCUT2D eigenvalue weighted by Gasteiger charge is -2.41. The van der Waals surface area contributed by atoms with E-state index in [2.05, 4.69) is 19.9 Å². The van der Waals surface area contributed by atoms with E-state index in [1.165, 1.54) is 0 Å². The van der Waals surface area contributed by atoms with Crippen LogP contribution >= 0.6 is 23.2 Å². The summed E-state index contributed by atoms with van der Waals surface area (Å²) in [6.45, 7) is 9.27. The Morgan fingerprint density at radius 2 is 1.92 bits per heavy atom. The summed E-state index contributed by atoms with van der Waals surface area (Å²) in [6.07, 6.45) is -0.303. The van der Waals surface area contributed by atoms with Gasteiger partial charge in [0.2, 0.25) is 5.28 Å². The van der Waals surface area contributed by atoms with Gasteiger partial charge in [-0.3, -0.25) is 0 Å². The molecule has 9 heteroatoms. The number of nitrogens with zero attached hydrogens (tertiary/aromatic N) is 5. The number of carbonyl (C=O) groups is 1. The fraction of sp³-hybridized carbons (Fsp3) is 0.529. The smallest absolute Gasteiger partial charge is 0.410 e. The van der Waals surface area contributed by atoms with Crippen molar-refractivity contribution in [2.24, 2.45) is 0 Å². The molecule has 1 fully saturated rings. The average Bonchev–Trinajstić information content (AvgIpc) is 2.52. The summed E-state index contributed by atoms with van der Waals surface area (Å²) < 4.78 is 5.47. The summed E-state index contributed by atoms with van der Waals surface area (Å²) in [6, 6.07) is 3.57. The Hall–Kier alpha value is -1.86. The minimum Gasteiger partial charge on any atom is -0.444 e. The second-order valence-electron chi connectivity index (χ2n) is 7.29. The van der Waals surface area contributed by atoms with E-state index in [4.69, 9.17) is 27.9 Å². The normalized spacial score (nSPS) is 18.3. The van der Waals surface area contributed by atoms with Crippen molar-refractivity contribution in [2.45, 2.75) is 39.3 Å². The van der Waals surface area contributed by atoms with Gasteiger partial charge >= 0.3 is 6.09 Å². The summed E-state index contributed by atoms with van der Waals surface area (Å²) in [7, 11) is 0. The van der Waals surface area contributed by atoms with Gasteiger partial charge in [-0.1, -0.05) is 11.6 Å². The van der Waals surface area contributed by atoms with Crippen molar-refractivity contribution in [1.29, 1.82) is 0 Å². The van der Waals surface area contributed by atoms with Crippen LogP contribution in [0.5, 0.6) is 0 Å². The highest BCUT2D eigenvalue weighted by Gasteiger charge is 2.31. The molecule has 0 saturated carbocycles. The van der Waals surface area contributed by atoms with E-state index in [-0.39, 0.29) is 17.4 Å². The molecule has 1 aliphatic rings. The fourth-order valence-electron chi connectivity index (χ4n) is 2.93. The van der Waals surface area contributed by atoms with Crippen LogP contribution < -0.4 is 4.90 Å². The number of halogens is 2. The lowest BCUT2D eigenvalue weighted by atomic mass is 10.1. The number of carbonyl (C=O) groups excluding carboxylic acids is 1. The Kier molecular flexibility index (Phi) is 5.12. The van der Waals surface area contributed by atoms with Crippen molar-refractivity contribution >= 4 is 46.1 Å². The van der Waals surface area contributed by atoms with Gasteiger partial charge in [0.05, 0.1) is 5.39 Å². The van der Waals surface area contributed by atoms with Crippen LogP contribution in [0.1, 0.15) is 27.7 Å². The van der Waals surface area contributed by atoms with Gasteiger partial charge in [0.25, 0.3) is 0 Å². The summed E-state index contributed by atoms with van der Waals surface area (Å²) >= 11 is 12.0. The van der Waals surface area contributed by atoms with E-state index >= 15 is 0 Å². The topological polar surface area (TPSA) is 71.5 Å². The first-order valence-electron chi connectivity index (χ1n) is 8.38. The lowest BCUT2D eigenvalue weighted by molar-refractivity contribution is 0.0218. The largest absolute Gasteiger partial charge is 0.444 e. The first-order valence-corrected chi connectivity index (χ1v) is 9.14. The minimum atomic E-state index is -0.515. The van der Waals surface area contributed by atoms with Gasteiger partial charge in [-0.2, -0.15) is 9.97 Å². The highest BCUT2D eigenvalue weighted by atomic mass is 35.5. The molecule has 1 aliphatic heterocycles. The molecule has 1 atom stereocenters. The number of amides is 1. The molecule has 0 aromatic carbocycles. The Labute approximate surface area is 162 Å². The molecule has 7 nitrogen and oxygen atoms in total. The summed E-state index contributed by atoms with van der Waals surface area (Å²) in [4.78, 5) is 28.9. The number of anilines is 1. The van der Waals surface area contributed by atoms with Crippen molar-refractivity contribution in [3.8, 4) is 0 Å². The second kappa shape index (κ2) is 7.04. The molecule has 0 radical (unpaired) electrons. The molecule has 2 aromatic heterocycles. The Morgan fingerprint density at radius 3 is 2.58 bits per heavy atom. The third-order valence-corrected chi connectivity index (χ3v) is 4.41. The number of fused-ring (bicyclic) bond motifs is 1. The number of hydrogen-bond donors (Lipinski definition) is 0. The molecular formula is C17H21Cl2N5O2. The van der Waals surface area contributed by atoms with Crippen molar-refractivity contribution in [3.63, 3.8) is 0 Å². The molecule has 3 heterocycles. The van der Waals surface area contributed by atoms with Crippen LogP contribution in [0, 0.1) is 0 Å². The van der Waals surface area contributed by atoms with E-state index in [9.17, 15) is 4.79 Å². The van der Waals surface area contributed by atoms with E-state index < -0.39 is 5.60 Å². The molecule has 0 bridgehead atoms. The van der Waals surface area contributed by atoms with Gasteiger partial charge < -0.3 is 14.5 Å². The molecule has 2 aromatic rings. The number of rotatable bonds is 1.